The van der Waals surface area contributed by atoms with E-state index >= 15 is 0 Å². The molecule has 0 radical (unpaired) electrons. The Hall–Kier alpha value is -1.94. The predicted molar refractivity (Wildman–Crippen MR) is 78.7 cm³/mol. The summed E-state index contributed by atoms with van der Waals surface area (Å²) >= 11 is 0. The number of hydrogen-bond donors (Lipinski definition) is 1. The molecule has 1 aliphatic heterocycles. The van der Waals surface area contributed by atoms with E-state index in [1.54, 1.807) is 6.20 Å². The predicted octanol–water partition coefficient (Wildman–Crippen LogP) is 2.09. The number of nitrogens with one attached hydrogen (secondary N) is 1. The molecule has 1 unspecified atom stereocenters. The molecule has 1 aromatic carbocycles. The Kier molecular flexibility index (Phi) is 2.70. The number of fused-ring (bicyclic) bond motifs is 1. The summed E-state index contributed by atoms with van der Waals surface area (Å²) < 4.78 is 0. The van der Waals surface area contributed by atoms with Gasteiger partial charge >= 0.3 is 0 Å². The first-order chi connectivity index (χ1) is 9.83. The lowest BCUT2D eigenvalue weighted by Crippen LogP contribution is -2.39. The van der Waals surface area contributed by atoms with Crippen LogP contribution in [0.5, 0.6) is 0 Å². The van der Waals surface area contributed by atoms with E-state index in [0.29, 0.717) is 6.04 Å². The molecular formula is C16H17N3O. The second-order valence-corrected chi connectivity index (χ2v) is 5.65. The minimum absolute atomic E-state index is 0.000377. The molecule has 4 rings (SSSR count). The van der Waals surface area contributed by atoms with Crippen LogP contribution in [-0.2, 0) is 4.79 Å². The molecule has 0 bridgehead atoms. The fourth-order valence-electron chi connectivity index (χ4n) is 2.95. The number of anilines is 1. The number of amides is 1. The van der Waals surface area contributed by atoms with E-state index < -0.39 is 0 Å². The van der Waals surface area contributed by atoms with Gasteiger partial charge in [0.2, 0.25) is 5.91 Å². The zero-order valence-electron chi connectivity index (χ0n) is 11.2. The molecule has 1 saturated heterocycles. The highest BCUT2D eigenvalue weighted by Crippen LogP contribution is 2.30. The lowest BCUT2D eigenvalue weighted by Gasteiger charge is -2.19. The lowest BCUT2D eigenvalue weighted by molar-refractivity contribution is -0.118. The maximum absolute atomic E-state index is 12.6. The topological polar surface area (TPSA) is 45.2 Å². The summed E-state index contributed by atoms with van der Waals surface area (Å²) in [6.07, 6.45) is 6.95. The molecule has 4 heteroatoms. The van der Waals surface area contributed by atoms with Gasteiger partial charge in [-0.3, -0.25) is 9.78 Å². The van der Waals surface area contributed by atoms with E-state index in [-0.39, 0.29) is 11.9 Å². The Morgan fingerprint density at radius 3 is 2.95 bits per heavy atom. The van der Waals surface area contributed by atoms with Crippen molar-refractivity contribution in [2.75, 3.05) is 11.4 Å². The minimum Gasteiger partial charge on any atom is -0.310 e. The van der Waals surface area contributed by atoms with Crippen molar-refractivity contribution in [3.8, 4) is 0 Å². The van der Waals surface area contributed by atoms with E-state index in [1.165, 1.54) is 12.8 Å². The monoisotopic (exact) mass is 267 g/mol. The molecule has 2 aliphatic rings. The van der Waals surface area contributed by atoms with Crippen LogP contribution >= 0.6 is 0 Å². The van der Waals surface area contributed by atoms with Crippen LogP contribution in [0.2, 0.25) is 0 Å². The summed E-state index contributed by atoms with van der Waals surface area (Å²) in [5.74, 6) is 0.209. The molecule has 4 nitrogen and oxygen atoms in total. The van der Waals surface area contributed by atoms with Crippen molar-refractivity contribution in [1.29, 1.82) is 0 Å². The molecule has 1 aliphatic carbocycles. The van der Waals surface area contributed by atoms with Crippen molar-refractivity contribution in [2.45, 2.75) is 31.3 Å². The van der Waals surface area contributed by atoms with E-state index in [2.05, 4.69) is 10.3 Å². The molecular weight excluding hydrogens is 250 g/mol. The SMILES string of the molecule is O=C1C(NC2CC2)CCN1c1cccc2cnccc12. The van der Waals surface area contributed by atoms with Gasteiger partial charge in [0, 0.05) is 35.8 Å². The van der Waals surface area contributed by atoms with Crippen LogP contribution in [-0.4, -0.2) is 29.5 Å². The molecule has 2 aromatic rings. The van der Waals surface area contributed by atoms with Crippen LogP contribution in [0, 0.1) is 0 Å². The zero-order valence-corrected chi connectivity index (χ0v) is 11.2. The van der Waals surface area contributed by atoms with Gasteiger partial charge in [-0.25, -0.2) is 0 Å². The zero-order chi connectivity index (χ0) is 13.5. The number of pyridine rings is 1. The average Bonchev–Trinajstić information content (AvgIpc) is 3.23. The number of carbonyl (C=O) groups is 1. The van der Waals surface area contributed by atoms with Crippen LogP contribution in [0.15, 0.2) is 36.7 Å². The normalized spacial score (nSPS) is 22.7. The maximum Gasteiger partial charge on any atom is 0.244 e. The average molecular weight is 267 g/mol. The van der Waals surface area contributed by atoms with Crippen LogP contribution < -0.4 is 10.2 Å². The summed E-state index contributed by atoms with van der Waals surface area (Å²) in [6.45, 7) is 0.796. The van der Waals surface area contributed by atoms with Gasteiger partial charge in [-0.15, -0.1) is 0 Å². The standard InChI is InChI=1S/C16H17N3O/c20-16-14(18-12-4-5-12)7-9-19(16)15-3-1-2-11-10-17-8-6-13(11)15/h1-3,6,8,10,12,14,18H,4-5,7,9H2. The maximum atomic E-state index is 12.6. The smallest absolute Gasteiger partial charge is 0.244 e. The van der Waals surface area contributed by atoms with E-state index in [1.807, 2.05) is 35.4 Å². The third kappa shape index (κ3) is 1.96. The molecule has 1 atom stereocenters. The van der Waals surface area contributed by atoms with Crippen molar-refractivity contribution in [2.24, 2.45) is 0 Å². The van der Waals surface area contributed by atoms with Gasteiger partial charge in [0.15, 0.2) is 0 Å². The van der Waals surface area contributed by atoms with E-state index in [0.717, 1.165) is 29.4 Å². The molecule has 1 saturated carbocycles. The third-order valence-electron chi connectivity index (χ3n) is 4.17. The summed E-state index contributed by atoms with van der Waals surface area (Å²) in [5.41, 5.74) is 1.01. The molecule has 1 aromatic heterocycles. The summed E-state index contributed by atoms with van der Waals surface area (Å²) in [5, 5.41) is 5.63. The molecule has 0 spiro atoms. The molecule has 2 heterocycles. The second-order valence-electron chi connectivity index (χ2n) is 5.65. The highest BCUT2D eigenvalue weighted by atomic mass is 16.2. The summed E-state index contributed by atoms with van der Waals surface area (Å²) in [4.78, 5) is 18.6. The lowest BCUT2D eigenvalue weighted by atomic mass is 10.1. The molecule has 1 amide bonds. The first-order valence-electron chi connectivity index (χ1n) is 7.23. The van der Waals surface area contributed by atoms with E-state index in [9.17, 15) is 4.79 Å². The van der Waals surface area contributed by atoms with Gasteiger partial charge in [-0.2, -0.15) is 0 Å². The number of hydrogen-bond acceptors (Lipinski definition) is 3. The first kappa shape index (κ1) is 11.9. The summed E-state index contributed by atoms with van der Waals surface area (Å²) in [7, 11) is 0. The number of benzene rings is 1. The van der Waals surface area contributed by atoms with Crippen molar-refractivity contribution < 1.29 is 4.79 Å². The van der Waals surface area contributed by atoms with Crippen molar-refractivity contribution >= 4 is 22.4 Å². The molecule has 2 fully saturated rings. The number of nitrogens with zero attached hydrogens (tertiary/aromatic N) is 2. The Balaban J connectivity index is 1.67. The quantitative estimate of drug-likeness (QED) is 0.926. The van der Waals surface area contributed by atoms with Gasteiger partial charge in [0.1, 0.15) is 0 Å². The fraction of sp³-hybridized carbons (Fsp3) is 0.375. The van der Waals surface area contributed by atoms with Crippen molar-refractivity contribution in [3.05, 3.63) is 36.7 Å². The van der Waals surface area contributed by atoms with Gasteiger partial charge < -0.3 is 10.2 Å². The Labute approximate surface area is 117 Å². The van der Waals surface area contributed by atoms with Gasteiger partial charge in [-0.1, -0.05) is 12.1 Å². The van der Waals surface area contributed by atoms with Crippen LogP contribution in [0.4, 0.5) is 5.69 Å². The largest absolute Gasteiger partial charge is 0.310 e. The van der Waals surface area contributed by atoms with Crippen LogP contribution in [0.3, 0.4) is 0 Å². The van der Waals surface area contributed by atoms with Crippen LogP contribution in [0.25, 0.3) is 10.8 Å². The second kappa shape index (κ2) is 4.56. The summed E-state index contributed by atoms with van der Waals surface area (Å²) in [6, 6.07) is 8.61. The van der Waals surface area contributed by atoms with Crippen molar-refractivity contribution in [3.63, 3.8) is 0 Å². The number of aromatic nitrogens is 1. The highest BCUT2D eigenvalue weighted by Gasteiger charge is 2.36. The molecule has 1 N–H and O–H groups in total. The van der Waals surface area contributed by atoms with Gasteiger partial charge in [-0.05, 0) is 31.4 Å². The Morgan fingerprint density at radius 2 is 2.10 bits per heavy atom. The molecule has 20 heavy (non-hydrogen) atoms. The number of rotatable bonds is 3. The van der Waals surface area contributed by atoms with Crippen LogP contribution in [0.1, 0.15) is 19.3 Å². The fourth-order valence-corrected chi connectivity index (χ4v) is 2.95. The Morgan fingerprint density at radius 1 is 1.20 bits per heavy atom. The first-order valence-corrected chi connectivity index (χ1v) is 7.23. The Bertz CT molecular complexity index is 660. The minimum atomic E-state index is -0.000377. The number of carbonyl (C=O) groups excluding carboxylic acids is 1. The van der Waals surface area contributed by atoms with Gasteiger partial charge in [0.25, 0.3) is 0 Å². The van der Waals surface area contributed by atoms with Gasteiger partial charge in [0.05, 0.1) is 11.7 Å². The van der Waals surface area contributed by atoms with E-state index in [4.69, 9.17) is 0 Å². The highest BCUT2D eigenvalue weighted by molar-refractivity contribution is 6.06. The third-order valence-corrected chi connectivity index (χ3v) is 4.17. The van der Waals surface area contributed by atoms with Crippen molar-refractivity contribution in [1.82, 2.24) is 10.3 Å². The molecule has 102 valence electrons.